The van der Waals surface area contributed by atoms with Crippen LogP contribution in [0.1, 0.15) is 24.0 Å². The van der Waals surface area contributed by atoms with E-state index in [0.29, 0.717) is 26.2 Å². The summed E-state index contributed by atoms with van der Waals surface area (Å²) in [5.74, 6) is 0.0745. The molecule has 0 bridgehead atoms. The van der Waals surface area contributed by atoms with Gasteiger partial charge in [0, 0.05) is 19.6 Å². The zero-order valence-corrected chi connectivity index (χ0v) is 11.5. The van der Waals surface area contributed by atoms with E-state index in [-0.39, 0.29) is 12.5 Å². The van der Waals surface area contributed by atoms with Crippen LogP contribution in [0.2, 0.25) is 0 Å². The summed E-state index contributed by atoms with van der Waals surface area (Å²) in [6.45, 7) is 3.66. The van der Waals surface area contributed by atoms with Gasteiger partial charge in [-0.1, -0.05) is 24.3 Å². The third-order valence-corrected chi connectivity index (χ3v) is 2.91. The van der Waals surface area contributed by atoms with E-state index in [4.69, 9.17) is 9.84 Å². The number of hydrogen-bond donors (Lipinski definition) is 2. The predicted octanol–water partition coefficient (Wildman–Crippen LogP) is 1.44. The number of amides is 1. The maximum absolute atomic E-state index is 11.6. The lowest BCUT2D eigenvalue weighted by Crippen LogP contribution is -2.25. The van der Waals surface area contributed by atoms with Crippen molar-refractivity contribution in [2.24, 2.45) is 0 Å². The van der Waals surface area contributed by atoms with Crippen molar-refractivity contribution in [2.75, 3.05) is 26.4 Å². The molecule has 4 nitrogen and oxygen atoms in total. The summed E-state index contributed by atoms with van der Waals surface area (Å²) in [5, 5.41) is 11.4. The van der Waals surface area contributed by atoms with Crippen LogP contribution in [0.4, 0.5) is 0 Å². The van der Waals surface area contributed by atoms with E-state index in [2.05, 4.69) is 24.4 Å². The van der Waals surface area contributed by atoms with Gasteiger partial charge in [0.1, 0.15) is 0 Å². The van der Waals surface area contributed by atoms with Crippen LogP contribution in [-0.4, -0.2) is 37.4 Å². The summed E-state index contributed by atoms with van der Waals surface area (Å²) < 4.78 is 5.11. The third kappa shape index (κ3) is 6.94. The Balaban J connectivity index is 2.10. The van der Waals surface area contributed by atoms with E-state index in [0.717, 1.165) is 12.8 Å². The first-order valence-corrected chi connectivity index (χ1v) is 6.74. The van der Waals surface area contributed by atoms with Gasteiger partial charge in [-0.15, -0.1) is 0 Å². The summed E-state index contributed by atoms with van der Waals surface area (Å²) in [5.41, 5.74) is 2.46. The second-order valence-electron chi connectivity index (χ2n) is 4.47. The van der Waals surface area contributed by atoms with Gasteiger partial charge < -0.3 is 15.2 Å². The maximum atomic E-state index is 11.6. The number of ether oxygens (including phenoxy) is 1. The second kappa shape index (κ2) is 9.53. The maximum Gasteiger partial charge on any atom is 0.220 e. The summed E-state index contributed by atoms with van der Waals surface area (Å²) in [4.78, 5) is 11.6. The van der Waals surface area contributed by atoms with Crippen LogP contribution in [0, 0.1) is 6.92 Å². The number of carbonyl (C=O) groups excluding carboxylic acids is 1. The molecule has 0 aliphatic heterocycles. The van der Waals surface area contributed by atoms with E-state index in [9.17, 15) is 4.79 Å². The smallest absolute Gasteiger partial charge is 0.220 e. The topological polar surface area (TPSA) is 58.6 Å². The quantitative estimate of drug-likeness (QED) is 0.664. The number of nitrogens with one attached hydrogen (secondary N) is 1. The van der Waals surface area contributed by atoms with Crippen LogP contribution in [0.5, 0.6) is 0 Å². The molecule has 0 aliphatic carbocycles. The monoisotopic (exact) mass is 265 g/mol. The van der Waals surface area contributed by atoms with Gasteiger partial charge in [-0.25, -0.2) is 0 Å². The third-order valence-electron chi connectivity index (χ3n) is 2.91. The molecular weight excluding hydrogens is 242 g/mol. The molecule has 0 unspecified atom stereocenters. The Labute approximate surface area is 114 Å². The molecule has 4 heteroatoms. The Hall–Kier alpha value is -1.39. The molecule has 0 radical (unpaired) electrons. The lowest BCUT2D eigenvalue weighted by atomic mass is 10.0. The number of aliphatic hydroxyl groups excluding tert-OH is 1. The number of aliphatic hydroxyl groups is 1. The molecule has 1 amide bonds. The van der Waals surface area contributed by atoms with Crippen molar-refractivity contribution in [3.8, 4) is 0 Å². The normalized spacial score (nSPS) is 10.4. The Morgan fingerprint density at radius 1 is 1.32 bits per heavy atom. The molecule has 2 N–H and O–H groups in total. The van der Waals surface area contributed by atoms with Crippen molar-refractivity contribution < 1.29 is 14.6 Å². The number of carbonyl (C=O) groups is 1. The molecule has 0 aliphatic rings. The fourth-order valence-corrected chi connectivity index (χ4v) is 1.80. The summed E-state index contributed by atoms with van der Waals surface area (Å²) in [6, 6.07) is 8.13. The van der Waals surface area contributed by atoms with Crippen LogP contribution in [0.3, 0.4) is 0 Å². The van der Waals surface area contributed by atoms with Crippen LogP contribution >= 0.6 is 0 Å². The number of hydrogen-bond acceptors (Lipinski definition) is 3. The largest absolute Gasteiger partial charge is 0.394 e. The molecular formula is C15H23NO3. The molecule has 0 aromatic heterocycles. The fraction of sp³-hybridized carbons (Fsp3) is 0.533. The van der Waals surface area contributed by atoms with Gasteiger partial charge in [0.2, 0.25) is 5.91 Å². The van der Waals surface area contributed by atoms with Crippen LogP contribution < -0.4 is 5.32 Å². The molecule has 19 heavy (non-hydrogen) atoms. The number of rotatable bonds is 9. The van der Waals surface area contributed by atoms with Crippen LogP contribution in [0.15, 0.2) is 24.3 Å². The average Bonchev–Trinajstić information content (AvgIpc) is 2.42. The van der Waals surface area contributed by atoms with Gasteiger partial charge in [-0.2, -0.15) is 0 Å². The van der Waals surface area contributed by atoms with Crippen LogP contribution in [-0.2, 0) is 16.0 Å². The van der Waals surface area contributed by atoms with Gasteiger partial charge in [0.25, 0.3) is 0 Å². The highest BCUT2D eigenvalue weighted by Gasteiger charge is 2.03. The van der Waals surface area contributed by atoms with E-state index < -0.39 is 0 Å². The van der Waals surface area contributed by atoms with Crippen molar-refractivity contribution in [1.82, 2.24) is 5.32 Å². The predicted molar refractivity (Wildman–Crippen MR) is 75.0 cm³/mol. The summed E-state index contributed by atoms with van der Waals surface area (Å²) in [7, 11) is 0. The van der Waals surface area contributed by atoms with Crippen molar-refractivity contribution in [3.63, 3.8) is 0 Å². The van der Waals surface area contributed by atoms with Gasteiger partial charge in [0.05, 0.1) is 13.2 Å². The first kappa shape index (κ1) is 15.7. The highest BCUT2D eigenvalue weighted by atomic mass is 16.5. The lowest BCUT2D eigenvalue weighted by Gasteiger charge is -2.07. The molecule has 0 atom stereocenters. The van der Waals surface area contributed by atoms with Gasteiger partial charge in [-0.3, -0.25) is 4.79 Å². The molecule has 0 saturated carbocycles. The lowest BCUT2D eigenvalue weighted by molar-refractivity contribution is -0.121. The van der Waals surface area contributed by atoms with E-state index >= 15 is 0 Å². The molecule has 1 rings (SSSR count). The first-order valence-electron chi connectivity index (χ1n) is 6.74. The van der Waals surface area contributed by atoms with Crippen molar-refractivity contribution in [3.05, 3.63) is 35.4 Å². The van der Waals surface area contributed by atoms with Gasteiger partial charge in [-0.05, 0) is 30.9 Å². The first-order chi connectivity index (χ1) is 9.24. The van der Waals surface area contributed by atoms with E-state index in [1.165, 1.54) is 11.1 Å². The Morgan fingerprint density at radius 3 is 2.84 bits per heavy atom. The van der Waals surface area contributed by atoms with Gasteiger partial charge >= 0.3 is 0 Å². The van der Waals surface area contributed by atoms with Crippen molar-refractivity contribution >= 4 is 5.91 Å². The molecule has 1 aromatic rings. The molecule has 1 aromatic carbocycles. The molecule has 106 valence electrons. The minimum atomic E-state index is 0.0444. The zero-order valence-electron chi connectivity index (χ0n) is 11.5. The fourth-order valence-electron chi connectivity index (χ4n) is 1.80. The minimum absolute atomic E-state index is 0.0444. The van der Waals surface area contributed by atoms with E-state index in [1.54, 1.807) is 0 Å². The number of benzene rings is 1. The standard InChI is InChI=1S/C15H23NO3/c1-13-5-2-3-6-14(13)7-8-15(18)16-9-4-11-19-12-10-17/h2-3,5-6,17H,4,7-12H2,1H3,(H,16,18). The summed E-state index contributed by atoms with van der Waals surface area (Å²) >= 11 is 0. The van der Waals surface area contributed by atoms with E-state index in [1.807, 2.05) is 12.1 Å². The highest BCUT2D eigenvalue weighted by molar-refractivity contribution is 5.76. The highest BCUT2D eigenvalue weighted by Crippen LogP contribution is 2.09. The summed E-state index contributed by atoms with van der Waals surface area (Å²) in [6.07, 6.45) is 2.07. The molecule has 0 saturated heterocycles. The average molecular weight is 265 g/mol. The SMILES string of the molecule is Cc1ccccc1CCC(=O)NCCCOCCO. The van der Waals surface area contributed by atoms with Crippen molar-refractivity contribution in [2.45, 2.75) is 26.2 Å². The van der Waals surface area contributed by atoms with Gasteiger partial charge in [0.15, 0.2) is 0 Å². The zero-order chi connectivity index (χ0) is 13.9. The molecule has 0 fully saturated rings. The Bertz CT molecular complexity index is 379. The number of aryl methyl sites for hydroxylation is 2. The second-order valence-corrected chi connectivity index (χ2v) is 4.47. The Kier molecular flexibility index (Phi) is 7.86. The van der Waals surface area contributed by atoms with Crippen LogP contribution in [0.25, 0.3) is 0 Å². The Morgan fingerprint density at radius 2 is 2.11 bits per heavy atom. The van der Waals surface area contributed by atoms with Crippen molar-refractivity contribution in [1.29, 1.82) is 0 Å². The minimum Gasteiger partial charge on any atom is -0.394 e. The molecule has 0 heterocycles. The molecule has 0 spiro atoms.